The highest BCUT2D eigenvalue weighted by Gasteiger charge is 2.42. The highest BCUT2D eigenvalue weighted by atomic mass is 16.5. The van der Waals surface area contributed by atoms with Gasteiger partial charge in [-0.2, -0.15) is 0 Å². The lowest BCUT2D eigenvalue weighted by molar-refractivity contribution is -0.116. The van der Waals surface area contributed by atoms with Crippen molar-refractivity contribution in [2.75, 3.05) is 38.7 Å². The van der Waals surface area contributed by atoms with E-state index in [1.54, 1.807) is 41.3 Å². The Bertz CT molecular complexity index is 1850. The van der Waals surface area contributed by atoms with Crippen LogP contribution in [0.3, 0.4) is 0 Å². The number of ketones is 1. The van der Waals surface area contributed by atoms with E-state index in [0.29, 0.717) is 51.7 Å². The molecule has 6 rings (SSSR count). The van der Waals surface area contributed by atoms with Gasteiger partial charge in [0.2, 0.25) is 5.75 Å². The Labute approximate surface area is 273 Å². The van der Waals surface area contributed by atoms with E-state index in [2.05, 4.69) is 29.6 Å². The number of nitrogens with one attached hydrogen (secondary N) is 1. The SMILES string of the molecule is COC(=O)c1ccc([C@@H]2C3=C(C[C@@H](c4ccc(C)cc4)CC3=O)Nc3ccccc3N2C(=O)c2cc(OC)c(OC)c(OC)c2)cc1. The molecular formula is C38H36N2O7. The van der Waals surface area contributed by atoms with Gasteiger partial charge >= 0.3 is 5.97 Å². The molecule has 2 aliphatic rings. The van der Waals surface area contributed by atoms with E-state index in [-0.39, 0.29) is 29.6 Å². The minimum Gasteiger partial charge on any atom is -0.493 e. The summed E-state index contributed by atoms with van der Waals surface area (Å²) in [5.41, 5.74) is 6.04. The van der Waals surface area contributed by atoms with Crippen LogP contribution in [0.5, 0.6) is 17.2 Å². The first-order valence-corrected chi connectivity index (χ1v) is 15.3. The van der Waals surface area contributed by atoms with Crippen LogP contribution in [-0.4, -0.2) is 46.1 Å². The molecular weight excluding hydrogens is 596 g/mol. The Morgan fingerprint density at radius 3 is 2.02 bits per heavy atom. The third kappa shape index (κ3) is 5.80. The Kier molecular flexibility index (Phi) is 8.72. The lowest BCUT2D eigenvalue weighted by atomic mass is 9.78. The zero-order valence-electron chi connectivity index (χ0n) is 27.0. The topological polar surface area (TPSA) is 103 Å². The molecule has 0 radical (unpaired) electrons. The Morgan fingerprint density at radius 2 is 1.40 bits per heavy atom. The van der Waals surface area contributed by atoms with Crippen molar-refractivity contribution >= 4 is 29.0 Å². The second-order valence-electron chi connectivity index (χ2n) is 11.6. The van der Waals surface area contributed by atoms with Crippen molar-refractivity contribution in [3.05, 3.63) is 124 Å². The predicted octanol–water partition coefficient (Wildman–Crippen LogP) is 7.02. The van der Waals surface area contributed by atoms with Crippen molar-refractivity contribution in [1.82, 2.24) is 0 Å². The molecule has 0 saturated carbocycles. The zero-order chi connectivity index (χ0) is 33.2. The number of aryl methyl sites for hydroxylation is 1. The Balaban J connectivity index is 1.57. The maximum absolute atomic E-state index is 14.9. The van der Waals surface area contributed by atoms with Crippen LogP contribution in [0.25, 0.3) is 0 Å². The number of hydrogen-bond donors (Lipinski definition) is 1. The number of methoxy groups -OCH3 is 4. The monoisotopic (exact) mass is 632 g/mol. The zero-order valence-corrected chi connectivity index (χ0v) is 27.0. The van der Waals surface area contributed by atoms with Crippen LogP contribution in [0.2, 0.25) is 0 Å². The minimum atomic E-state index is -0.828. The number of carbonyl (C=O) groups is 3. The van der Waals surface area contributed by atoms with Crippen molar-refractivity contribution in [3.63, 3.8) is 0 Å². The number of anilines is 2. The summed E-state index contributed by atoms with van der Waals surface area (Å²) in [5.74, 6) is 0.0271. The van der Waals surface area contributed by atoms with Gasteiger partial charge in [-0.05, 0) is 66.8 Å². The van der Waals surface area contributed by atoms with Crippen molar-refractivity contribution in [3.8, 4) is 17.2 Å². The highest BCUT2D eigenvalue weighted by Crippen LogP contribution is 2.48. The molecule has 1 amide bonds. The number of nitrogens with zero attached hydrogens (tertiary/aromatic N) is 1. The van der Waals surface area contributed by atoms with Gasteiger partial charge in [-0.15, -0.1) is 0 Å². The Hall–Kier alpha value is -5.57. The van der Waals surface area contributed by atoms with E-state index in [1.807, 2.05) is 31.2 Å². The molecule has 0 fully saturated rings. The fourth-order valence-electron chi connectivity index (χ4n) is 6.47. The average Bonchev–Trinajstić information content (AvgIpc) is 3.25. The third-order valence-corrected chi connectivity index (χ3v) is 8.82. The molecule has 0 bridgehead atoms. The molecule has 9 nitrogen and oxygen atoms in total. The number of para-hydroxylation sites is 2. The van der Waals surface area contributed by atoms with E-state index in [9.17, 15) is 14.4 Å². The van der Waals surface area contributed by atoms with Crippen LogP contribution in [-0.2, 0) is 9.53 Å². The summed E-state index contributed by atoms with van der Waals surface area (Å²) in [5, 5.41) is 3.56. The van der Waals surface area contributed by atoms with Gasteiger partial charge in [0.15, 0.2) is 17.3 Å². The number of amides is 1. The van der Waals surface area contributed by atoms with Gasteiger partial charge in [-0.25, -0.2) is 4.79 Å². The average molecular weight is 633 g/mol. The van der Waals surface area contributed by atoms with E-state index in [4.69, 9.17) is 18.9 Å². The molecule has 0 spiro atoms. The van der Waals surface area contributed by atoms with Gasteiger partial charge in [0.1, 0.15) is 0 Å². The van der Waals surface area contributed by atoms with Gasteiger partial charge in [-0.3, -0.25) is 14.5 Å². The minimum absolute atomic E-state index is 0.0405. The van der Waals surface area contributed by atoms with Crippen molar-refractivity contribution in [2.24, 2.45) is 0 Å². The lowest BCUT2D eigenvalue weighted by Gasteiger charge is -2.35. The molecule has 9 heteroatoms. The third-order valence-electron chi connectivity index (χ3n) is 8.82. The standard InChI is InChI=1S/C38H36N2O7/c1-22-10-12-23(13-11-22)26-18-29-34(31(41)19-26)35(24-14-16-25(17-15-24)38(43)47-5)40(30-9-7-6-8-28(30)39-29)37(42)27-20-32(44-2)36(46-4)33(21-27)45-3/h6-17,20-21,26,35,39H,18-19H2,1-5H3/t26-,35-/m1/s1. The van der Waals surface area contributed by atoms with Crippen molar-refractivity contribution in [2.45, 2.75) is 31.7 Å². The first-order valence-electron chi connectivity index (χ1n) is 15.3. The fraction of sp³-hybridized carbons (Fsp3) is 0.237. The summed E-state index contributed by atoms with van der Waals surface area (Å²) < 4.78 is 21.6. The number of esters is 1. The number of Topliss-reactive ketones (excluding diaryl/α,β-unsaturated/α-hetero) is 1. The van der Waals surface area contributed by atoms with Gasteiger partial charge in [0.05, 0.1) is 51.4 Å². The van der Waals surface area contributed by atoms with Crippen LogP contribution >= 0.6 is 0 Å². The summed E-state index contributed by atoms with van der Waals surface area (Å²) >= 11 is 0. The van der Waals surface area contributed by atoms with Crippen molar-refractivity contribution < 1.29 is 33.3 Å². The molecule has 240 valence electrons. The molecule has 1 heterocycles. The normalized spacial score (nSPS) is 17.1. The molecule has 0 aromatic heterocycles. The van der Waals surface area contributed by atoms with Crippen molar-refractivity contribution in [1.29, 1.82) is 0 Å². The molecule has 1 aliphatic heterocycles. The van der Waals surface area contributed by atoms with Gasteiger partial charge in [-0.1, -0.05) is 54.1 Å². The van der Waals surface area contributed by atoms with Crippen LogP contribution in [0.15, 0.2) is 96.2 Å². The number of fused-ring (bicyclic) bond motifs is 1. The number of ether oxygens (including phenoxy) is 4. The molecule has 0 unspecified atom stereocenters. The summed E-state index contributed by atoms with van der Waals surface area (Å²) in [4.78, 5) is 43.3. The highest BCUT2D eigenvalue weighted by molar-refractivity contribution is 6.12. The smallest absolute Gasteiger partial charge is 0.337 e. The molecule has 4 aromatic carbocycles. The second-order valence-corrected chi connectivity index (χ2v) is 11.6. The lowest BCUT2D eigenvalue weighted by Crippen LogP contribution is -2.38. The summed E-state index contributed by atoms with van der Waals surface area (Å²) in [6.07, 6.45) is 0.851. The van der Waals surface area contributed by atoms with Crippen LogP contribution in [0, 0.1) is 6.92 Å². The number of benzene rings is 4. The number of allylic oxidation sites excluding steroid dienone is 1. The van der Waals surface area contributed by atoms with Gasteiger partial charge in [0.25, 0.3) is 5.91 Å². The molecule has 1 N–H and O–H groups in total. The van der Waals surface area contributed by atoms with E-state index in [0.717, 1.165) is 16.8 Å². The van der Waals surface area contributed by atoms with E-state index >= 15 is 0 Å². The van der Waals surface area contributed by atoms with Crippen LogP contribution < -0.4 is 24.4 Å². The fourth-order valence-corrected chi connectivity index (χ4v) is 6.47. The first kappa shape index (κ1) is 31.4. The van der Waals surface area contributed by atoms with E-state index in [1.165, 1.54) is 28.4 Å². The molecule has 1 aliphatic carbocycles. The van der Waals surface area contributed by atoms with Gasteiger partial charge in [0, 0.05) is 23.3 Å². The number of hydrogen-bond acceptors (Lipinski definition) is 8. The quantitative estimate of drug-likeness (QED) is 0.217. The van der Waals surface area contributed by atoms with Gasteiger partial charge < -0.3 is 24.3 Å². The Morgan fingerprint density at radius 1 is 0.766 bits per heavy atom. The number of carbonyl (C=O) groups excluding carboxylic acids is 3. The molecule has 2 atom stereocenters. The first-order chi connectivity index (χ1) is 22.8. The summed E-state index contributed by atoms with van der Waals surface area (Å²) in [6, 6.07) is 25.0. The largest absolute Gasteiger partial charge is 0.493 e. The molecule has 47 heavy (non-hydrogen) atoms. The predicted molar refractivity (Wildman–Crippen MR) is 179 cm³/mol. The van der Waals surface area contributed by atoms with Crippen LogP contribution in [0.4, 0.5) is 11.4 Å². The maximum Gasteiger partial charge on any atom is 0.337 e. The van der Waals surface area contributed by atoms with E-state index < -0.39 is 12.0 Å². The molecule has 4 aromatic rings. The maximum atomic E-state index is 14.9. The second kappa shape index (κ2) is 13.0. The summed E-state index contributed by atoms with van der Waals surface area (Å²) in [6.45, 7) is 2.04. The molecule has 0 saturated heterocycles. The number of rotatable bonds is 7. The van der Waals surface area contributed by atoms with Crippen LogP contribution in [0.1, 0.15) is 62.2 Å². The summed E-state index contributed by atoms with van der Waals surface area (Å²) in [7, 11) is 5.80.